The van der Waals surface area contributed by atoms with Crippen LogP contribution in [0.5, 0.6) is 0 Å². The number of amides is 2. The van der Waals surface area contributed by atoms with Crippen molar-refractivity contribution in [2.45, 2.75) is 19.3 Å². The normalized spacial score (nSPS) is 10.5. The van der Waals surface area contributed by atoms with E-state index in [1.165, 1.54) is 0 Å². The molecular weight excluding hydrogens is 348 g/mol. The van der Waals surface area contributed by atoms with Gasteiger partial charge in [0.05, 0.1) is 11.3 Å². The summed E-state index contributed by atoms with van der Waals surface area (Å²) >= 11 is 0. The number of anilines is 1. The molecule has 28 heavy (non-hydrogen) atoms. The summed E-state index contributed by atoms with van der Waals surface area (Å²) in [6, 6.07) is 25.4. The van der Waals surface area contributed by atoms with Crippen molar-refractivity contribution < 1.29 is 9.59 Å². The summed E-state index contributed by atoms with van der Waals surface area (Å²) in [5, 5.41) is 5.57. The summed E-state index contributed by atoms with van der Waals surface area (Å²) in [7, 11) is 1.58. The summed E-state index contributed by atoms with van der Waals surface area (Å²) in [5.74, 6) is -0.403. The summed E-state index contributed by atoms with van der Waals surface area (Å²) in [6.07, 6.45) is 0.287. The molecule has 0 aliphatic rings. The molecule has 0 bridgehead atoms. The molecule has 0 aromatic heterocycles. The van der Waals surface area contributed by atoms with E-state index in [-0.39, 0.29) is 24.2 Å². The molecule has 4 heteroatoms. The first kappa shape index (κ1) is 19.4. The number of carbonyl (C=O) groups is 2. The zero-order valence-electron chi connectivity index (χ0n) is 16.1. The van der Waals surface area contributed by atoms with Gasteiger partial charge >= 0.3 is 0 Å². The van der Waals surface area contributed by atoms with Crippen molar-refractivity contribution in [3.8, 4) is 0 Å². The van der Waals surface area contributed by atoms with Gasteiger partial charge in [-0.3, -0.25) is 9.59 Å². The Bertz CT molecular complexity index is 913. The van der Waals surface area contributed by atoms with Gasteiger partial charge in [-0.15, -0.1) is 0 Å². The average Bonchev–Trinajstić information content (AvgIpc) is 2.73. The molecule has 0 saturated heterocycles. The van der Waals surface area contributed by atoms with Gasteiger partial charge in [0.25, 0.3) is 5.91 Å². The molecule has 3 aromatic rings. The van der Waals surface area contributed by atoms with Gasteiger partial charge < -0.3 is 10.6 Å². The molecule has 0 atom stereocenters. The molecule has 0 aliphatic heterocycles. The zero-order valence-corrected chi connectivity index (χ0v) is 16.1. The summed E-state index contributed by atoms with van der Waals surface area (Å²) < 4.78 is 0. The van der Waals surface area contributed by atoms with E-state index in [4.69, 9.17) is 0 Å². The number of carbonyl (C=O) groups excluding carboxylic acids is 2. The number of rotatable bonds is 6. The van der Waals surface area contributed by atoms with E-state index in [2.05, 4.69) is 10.6 Å². The van der Waals surface area contributed by atoms with Crippen molar-refractivity contribution in [1.29, 1.82) is 0 Å². The van der Waals surface area contributed by atoms with Crippen molar-refractivity contribution in [2.24, 2.45) is 0 Å². The Balaban J connectivity index is 1.86. The Hall–Kier alpha value is -3.40. The van der Waals surface area contributed by atoms with Crippen LogP contribution in [0.15, 0.2) is 78.9 Å². The van der Waals surface area contributed by atoms with Crippen molar-refractivity contribution in [3.05, 3.63) is 101 Å². The van der Waals surface area contributed by atoms with Crippen LogP contribution in [-0.2, 0) is 4.79 Å². The van der Waals surface area contributed by atoms with E-state index in [0.29, 0.717) is 11.3 Å². The summed E-state index contributed by atoms with van der Waals surface area (Å²) in [5.41, 5.74) is 4.01. The van der Waals surface area contributed by atoms with Gasteiger partial charge in [0.2, 0.25) is 5.91 Å². The van der Waals surface area contributed by atoms with Crippen LogP contribution in [0.1, 0.15) is 39.4 Å². The van der Waals surface area contributed by atoms with Gasteiger partial charge in [0.1, 0.15) is 0 Å². The quantitative estimate of drug-likeness (QED) is 0.669. The summed E-state index contributed by atoms with van der Waals surface area (Å²) in [4.78, 5) is 25.1. The molecule has 142 valence electrons. The van der Waals surface area contributed by atoms with E-state index >= 15 is 0 Å². The largest absolute Gasteiger partial charge is 0.355 e. The van der Waals surface area contributed by atoms with Gasteiger partial charge in [0.15, 0.2) is 0 Å². The minimum absolute atomic E-state index is 0.0596. The van der Waals surface area contributed by atoms with Crippen molar-refractivity contribution in [1.82, 2.24) is 5.32 Å². The van der Waals surface area contributed by atoms with E-state index in [9.17, 15) is 9.59 Å². The molecule has 0 fully saturated rings. The molecule has 0 unspecified atom stereocenters. The van der Waals surface area contributed by atoms with E-state index in [0.717, 1.165) is 16.7 Å². The van der Waals surface area contributed by atoms with Gasteiger partial charge in [-0.25, -0.2) is 0 Å². The smallest absolute Gasteiger partial charge is 0.253 e. The lowest BCUT2D eigenvalue weighted by molar-refractivity contribution is -0.116. The molecule has 0 saturated carbocycles. The Labute approximate surface area is 165 Å². The molecule has 0 spiro atoms. The number of benzene rings is 3. The predicted molar refractivity (Wildman–Crippen MR) is 113 cm³/mol. The summed E-state index contributed by atoms with van der Waals surface area (Å²) in [6.45, 7) is 1.86. The second-order valence-corrected chi connectivity index (χ2v) is 6.70. The molecule has 2 N–H and O–H groups in total. The van der Waals surface area contributed by atoms with Crippen LogP contribution in [0.3, 0.4) is 0 Å². The lowest BCUT2D eigenvalue weighted by Crippen LogP contribution is -2.23. The maximum absolute atomic E-state index is 12.9. The van der Waals surface area contributed by atoms with Crippen LogP contribution >= 0.6 is 0 Å². The highest BCUT2D eigenvalue weighted by atomic mass is 16.2. The first-order valence-corrected chi connectivity index (χ1v) is 9.31. The van der Waals surface area contributed by atoms with Crippen molar-refractivity contribution in [2.75, 3.05) is 12.4 Å². The standard InChI is InChI=1S/C24H24N2O2/c1-17-10-9-15-21(23(17)24(28)25-2)26-22(27)16-20(18-11-5-3-6-12-18)19-13-7-4-8-14-19/h3-15,20H,16H2,1-2H3,(H,25,28)(H,26,27). The number of hydrogen-bond donors (Lipinski definition) is 2. The number of hydrogen-bond acceptors (Lipinski definition) is 2. The highest BCUT2D eigenvalue weighted by Crippen LogP contribution is 2.29. The van der Waals surface area contributed by atoms with Gasteiger partial charge in [-0.1, -0.05) is 72.8 Å². The van der Waals surface area contributed by atoms with Crippen LogP contribution in [0.2, 0.25) is 0 Å². The molecule has 2 amide bonds. The molecule has 3 aromatic carbocycles. The average molecular weight is 372 g/mol. The third-order valence-corrected chi connectivity index (χ3v) is 4.79. The van der Waals surface area contributed by atoms with Gasteiger partial charge in [-0.05, 0) is 29.7 Å². The molecule has 0 radical (unpaired) electrons. The fourth-order valence-corrected chi connectivity index (χ4v) is 3.38. The van der Waals surface area contributed by atoms with E-state index < -0.39 is 0 Å². The van der Waals surface area contributed by atoms with Crippen LogP contribution in [0.25, 0.3) is 0 Å². The number of aryl methyl sites for hydroxylation is 1. The SMILES string of the molecule is CNC(=O)c1c(C)cccc1NC(=O)CC(c1ccccc1)c1ccccc1. The van der Waals surface area contributed by atoms with Crippen LogP contribution < -0.4 is 10.6 Å². The first-order valence-electron chi connectivity index (χ1n) is 9.31. The second-order valence-electron chi connectivity index (χ2n) is 6.70. The Morgan fingerprint density at radius 3 is 1.93 bits per heavy atom. The topological polar surface area (TPSA) is 58.2 Å². The number of nitrogens with one attached hydrogen (secondary N) is 2. The molecule has 4 nitrogen and oxygen atoms in total. The third-order valence-electron chi connectivity index (χ3n) is 4.79. The fourth-order valence-electron chi connectivity index (χ4n) is 3.38. The lowest BCUT2D eigenvalue weighted by atomic mass is 9.88. The molecule has 0 heterocycles. The highest BCUT2D eigenvalue weighted by Gasteiger charge is 2.20. The maximum Gasteiger partial charge on any atom is 0.253 e. The van der Waals surface area contributed by atoms with E-state index in [1.54, 1.807) is 13.1 Å². The van der Waals surface area contributed by atoms with Crippen molar-refractivity contribution in [3.63, 3.8) is 0 Å². The van der Waals surface area contributed by atoms with Crippen LogP contribution in [-0.4, -0.2) is 18.9 Å². The van der Waals surface area contributed by atoms with Crippen LogP contribution in [0, 0.1) is 6.92 Å². The van der Waals surface area contributed by atoms with Gasteiger partial charge in [-0.2, -0.15) is 0 Å². The van der Waals surface area contributed by atoms with Crippen LogP contribution in [0.4, 0.5) is 5.69 Å². The second kappa shape index (κ2) is 9.00. The third kappa shape index (κ3) is 4.46. The molecule has 0 aliphatic carbocycles. The fraction of sp³-hybridized carbons (Fsp3) is 0.167. The van der Waals surface area contributed by atoms with Gasteiger partial charge in [0, 0.05) is 19.4 Å². The van der Waals surface area contributed by atoms with E-state index in [1.807, 2.05) is 79.7 Å². The minimum Gasteiger partial charge on any atom is -0.355 e. The Morgan fingerprint density at radius 2 is 1.39 bits per heavy atom. The zero-order chi connectivity index (χ0) is 19.9. The molecular formula is C24H24N2O2. The predicted octanol–water partition coefficient (Wildman–Crippen LogP) is 4.52. The lowest BCUT2D eigenvalue weighted by Gasteiger charge is -2.19. The Kier molecular flexibility index (Phi) is 6.22. The monoisotopic (exact) mass is 372 g/mol. The first-order chi connectivity index (χ1) is 13.6. The van der Waals surface area contributed by atoms with Crippen molar-refractivity contribution >= 4 is 17.5 Å². The maximum atomic E-state index is 12.9. The highest BCUT2D eigenvalue weighted by molar-refractivity contribution is 6.04. The minimum atomic E-state index is -0.212. The Morgan fingerprint density at radius 1 is 0.821 bits per heavy atom. The molecule has 3 rings (SSSR count).